The van der Waals surface area contributed by atoms with E-state index >= 15 is 0 Å². The van der Waals surface area contributed by atoms with Crippen LogP contribution in [0.1, 0.15) is 20.3 Å². The van der Waals surface area contributed by atoms with Crippen LogP contribution in [0.5, 0.6) is 0 Å². The first-order chi connectivity index (χ1) is 6.45. The van der Waals surface area contributed by atoms with Crippen LogP contribution in [0.2, 0.25) is 0 Å². The first-order valence-corrected chi connectivity index (χ1v) is 4.74. The number of hydrogen-bond donors (Lipinski definition) is 2. The molecule has 0 aromatic carbocycles. The van der Waals surface area contributed by atoms with Gasteiger partial charge in [-0.3, -0.25) is 9.59 Å². The van der Waals surface area contributed by atoms with Crippen LogP contribution in [0, 0.1) is 5.92 Å². The summed E-state index contributed by atoms with van der Waals surface area (Å²) in [6.45, 7) is 3.87. The number of nitrogens with zero attached hydrogens (tertiary/aromatic N) is 1. The maximum atomic E-state index is 11.5. The number of aliphatic carboxylic acids is 1. The van der Waals surface area contributed by atoms with Crippen molar-refractivity contribution in [1.82, 2.24) is 4.90 Å². The number of carbonyl (C=O) groups excluding carboxylic acids is 1. The quantitative estimate of drug-likeness (QED) is 0.638. The van der Waals surface area contributed by atoms with Crippen molar-refractivity contribution in [3.05, 3.63) is 0 Å². The fourth-order valence-electron chi connectivity index (χ4n) is 1.84. The van der Waals surface area contributed by atoms with Gasteiger partial charge >= 0.3 is 5.97 Å². The van der Waals surface area contributed by atoms with Crippen LogP contribution in [0.3, 0.4) is 0 Å². The summed E-state index contributed by atoms with van der Waals surface area (Å²) in [5, 5.41) is 8.85. The molecule has 1 rings (SSSR count). The Kier molecular flexibility index (Phi) is 3.10. The van der Waals surface area contributed by atoms with E-state index in [1.807, 2.05) is 0 Å². The van der Waals surface area contributed by atoms with Gasteiger partial charge < -0.3 is 15.7 Å². The predicted molar refractivity (Wildman–Crippen MR) is 50.6 cm³/mol. The minimum absolute atomic E-state index is 0.166. The molecule has 1 heterocycles. The summed E-state index contributed by atoms with van der Waals surface area (Å²) >= 11 is 0. The summed E-state index contributed by atoms with van der Waals surface area (Å²) in [5.41, 5.74) is 5.46. The number of carbonyl (C=O) groups is 2. The van der Waals surface area contributed by atoms with Crippen LogP contribution in [0.25, 0.3) is 0 Å². The van der Waals surface area contributed by atoms with E-state index in [2.05, 4.69) is 0 Å². The van der Waals surface area contributed by atoms with Crippen LogP contribution < -0.4 is 5.73 Å². The van der Waals surface area contributed by atoms with Gasteiger partial charge in [0.25, 0.3) is 0 Å². The molecular weight excluding hydrogens is 184 g/mol. The fourth-order valence-corrected chi connectivity index (χ4v) is 1.84. The molecule has 5 heteroatoms. The minimum Gasteiger partial charge on any atom is -0.481 e. The summed E-state index contributed by atoms with van der Waals surface area (Å²) in [7, 11) is 0. The Labute approximate surface area is 82.9 Å². The standard InChI is InChI=1S/C9H16N2O3/c1-5(10)8(12)11-4-3-7(6(11)2)9(13)14/h5-7H,3-4,10H2,1-2H3,(H,13,14)/t5-,6?,7?/m1/s1. The van der Waals surface area contributed by atoms with Crippen molar-refractivity contribution in [2.45, 2.75) is 32.4 Å². The smallest absolute Gasteiger partial charge is 0.308 e. The molecule has 0 saturated carbocycles. The lowest BCUT2D eigenvalue weighted by molar-refractivity contribution is -0.143. The number of nitrogens with two attached hydrogens (primary N) is 1. The molecule has 14 heavy (non-hydrogen) atoms. The van der Waals surface area contributed by atoms with E-state index in [9.17, 15) is 9.59 Å². The Morgan fingerprint density at radius 1 is 1.57 bits per heavy atom. The summed E-state index contributed by atoms with van der Waals surface area (Å²) in [5.74, 6) is -1.45. The van der Waals surface area contributed by atoms with Gasteiger partial charge in [-0.25, -0.2) is 0 Å². The lowest BCUT2D eigenvalue weighted by Crippen LogP contribution is -2.45. The molecule has 0 radical (unpaired) electrons. The fraction of sp³-hybridized carbons (Fsp3) is 0.778. The molecular formula is C9H16N2O3. The Morgan fingerprint density at radius 3 is 2.50 bits per heavy atom. The van der Waals surface area contributed by atoms with Gasteiger partial charge in [0, 0.05) is 12.6 Å². The maximum Gasteiger partial charge on any atom is 0.308 e. The Balaban J connectivity index is 2.68. The highest BCUT2D eigenvalue weighted by molar-refractivity contribution is 5.83. The van der Waals surface area contributed by atoms with Gasteiger partial charge in [-0.2, -0.15) is 0 Å². The second kappa shape index (κ2) is 3.96. The van der Waals surface area contributed by atoms with Crippen molar-refractivity contribution in [2.75, 3.05) is 6.54 Å². The van der Waals surface area contributed by atoms with Crippen molar-refractivity contribution in [2.24, 2.45) is 11.7 Å². The van der Waals surface area contributed by atoms with Gasteiger partial charge in [0.1, 0.15) is 0 Å². The summed E-state index contributed by atoms with van der Waals surface area (Å²) in [6.07, 6.45) is 0.523. The summed E-state index contributed by atoms with van der Waals surface area (Å²) in [6, 6.07) is -0.795. The van der Waals surface area contributed by atoms with E-state index in [-0.39, 0.29) is 11.9 Å². The molecule has 2 unspecified atom stereocenters. The van der Waals surface area contributed by atoms with E-state index in [4.69, 9.17) is 10.8 Å². The van der Waals surface area contributed by atoms with Crippen LogP contribution in [0.4, 0.5) is 0 Å². The van der Waals surface area contributed by atoms with Crippen LogP contribution >= 0.6 is 0 Å². The number of carboxylic acid groups (broad SMARTS) is 1. The van der Waals surface area contributed by atoms with Crippen LogP contribution in [0.15, 0.2) is 0 Å². The molecule has 1 aliphatic rings. The van der Waals surface area contributed by atoms with Crippen molar-refractivity contribution < 1.29 is 14.7 Å². The van der Waals surface area contributed by atoms with Gasteiger partial charge in [-0.15, -0.1) is 0 Å². The largest absolute Gasteiger partial charge is 0.481 e. The zero-order valence-electron chi connectivity index (χ0n) is 8.43. The number of amides is 1. The topological polar surface area (TPSA) is 83.6 Å². The molecule has 0 aromatic heterocycles. The molecule has 1 saturated heterocycles. The number of rotatable bonds is 2. The SMILES string of the molecule is CC1C(C(=O)O)CCN1C(=O)[C@@H](C)N. The van der Waals surface area contributed by atoms with Gasteiger partial charge in [0.05, 0.1) is 12.0 Å². The molecule has 0 aliphatic carbocycles. The monoisotopic (exact) mass is 200 g/mol. The first kappa shape index (κ1) is 11.0. The molecule has 0 aromatic rings. The third-order valence-electron chi connectivity index (χ3n) is 2.74. The van der Waals surface area contributed by atoms with Crippen molar-refractivity contribution >= 4 is 11.9 Å². The minimum atomic E-state index is -0.836. The highest BCUT2D eigenvalue weighted by Crippen LogP contribution is 2.24. The number of hydrogen-bond acceptors (Lipinski definition) is 3. The molecule has 0 bridgehead atoms. The lowest BCUT2D eigenvalue weighted by atomic mass is 10.0. The van der Waals surface area contributed by atoms with Gasteiger partial charge in [0.15, 0.2) is 0 Å². The molecule has 1 fully saturated rings. The molecule has 0 spiro atoms. The van der Waals surface area contributed by atoms with Crippen LogP contribution in [-0.4, -0.2) is 40.5 Å². The Bertz CT molecular complexity index is 252. The molecule has 80 valence electrons. The highest BCUT2D eigenvalue weighted by atomic mass is 16.4. The zero-order chi connectivity index (χ0) is 10.9. The lowest BCUT2D eigenvalue weighted by Gasteiger charge is -2.24. The number of likely N-dealkylation sites (tertiary alicyclic amines) is 1. The van der Waals surface area contributed by atoms with Crippen molar-refractivity contribution in [3.8, 4) is 0 Å². The third kappa shape index (κ3) is 1.87. The summed E-state index contributed by atoms with van der Waals surface area (Å²) < 4.78 is 0. The van der Waals surface area contributed by atoms with E-state index in [1.54, 1.807) is 18.7 Å². The average Bonchev–Trinajstić information content (AvgIpc) is 2.45. The molecule has 1 aliphatic heterocycles. The van der Waals surface area contributed by atoms with Crippen molar-refractivity contribution in [1.29, 1.82) is 0 Å². The van der Waals surface area contributed by atoms with Crippen molar-refractivity contribution in [3.63, 3.8) is 0 Å². The van der Waals surface area contributed by atoms with E-state index < -0.39 is 17.9 Å². The highest BCUT2D eigenvalue weighted by Gasteiger charge is 2.38. The molecule has 1 amide bonds. The Morgan fingerprint density at radius 2 is 2.14 bits per heavy atom. The van der Waals surface area contributed by atoms with E-state index in [1.165, 1.54) is 0 Å². The maximum absolute atomic E-state index is 11.5. The van der Waals surface area contributed by atoms with Gasteiger partial charge in [-0.05, 0) is 20.3 Å². The molecule has 5 nitrogen and oxygen atoms in total. The summed E-state index contributed by atoms with van der Waals surface area (Å²) in [4.78, 5) is 23.9. The Hall–Kier alpha value is -1.10. The van der Waals surface area contributed by atoms with E-state index in [0.29, 0.717) is 13.0 Å². The number of carboxylic acids is 1. The third-order valence-corrected chi connectivity index (χ3v) is 2.74. The predicted octanol–water partition coefficient (Wildman–Crippen LogP) is -0.345. The van der Waals surface area contributed by atoms with Gasteiger partial charge in [-0.1, -0.05) is 0 Å². The van der Waals surface area contributed by atoms with Crippen LogP contribution in [-0.2, 0) is 9.59 Å². The normalized spacial score (nSPS) is 28.9. The molecule has 3 N–H and O–H groups in total. The molecule has 3 atom stereocenters. The van der Waals surface area contributed by atoms with E-state index in [0.717, 1.165) is 0 Å². The second-order valence-corrected chi connectivity index (χ2v) is 3.79. The van der Waals surface area contributed by atoms with Gasteiger partial charge in [0.2, 0.25) is 5.91 Å². The second-order valence-electron chi connectivity index (χ2n) is 3.79. The first-order valence-electron chi connectivity index (χ1n) is 4.74. The average molecular weight is 200 g/mol. The zero-order valence-corrected chi connectivity index (χ0v) is 8.43.